The van der Waals surface area contributed by atoms with Crippen LogP contribution in [0.4, 0.5) is 5.69 Å². The van der Waals surface area contributed by atoms with Gasteiger partial charge in [-0.25, -0.2) is 13.4 Å². The lowest BCUT2D eigenvalue weighted by Gasteiger charge is -2.10. The molecule has 9 heteroatoms. The molecule has 0 saturated carbocycles. The minimum atomic E-state index is -3.89. The summed E-state index contributed by atoms with van der Waals surface area (Å²) in [5, 5.41) is 6.27. The van der Waals surface area contributed by atoms with Crippen LogP contribution in [0.3, 0.4) is 0 Å². The molecule has 7 nitrogen and oxygen atoms in total. The molecule has 3 aromatic rings. The van der Waals surface area contributed by atoms with Crippen molar-refractivity contribution in [1.29, 1.82) is 0 Å². The lowest BCUT2D eigenvalue weighted by atomic mass is 10.1. The van der Waals surface area contributed by atoms with E-state index < -0.39 is 15.7 Å². The molecule has 2 heterocycles. The Bertz CT molecular complexity index is 1220. The summed E-state index contributed by atoms with van der Waals surface area (Å²) in [7, 11) is -3.89. The highest BCUT2D eigenvalue weighted by Crippen LogP contribution is 2.34. The fourth-order valence-corrected chi connectivity index (χ4v) is 5.28. The highest BCUT2D eigenvalue weighted by atomic mass is 32.2. The minimum absolute atomic E-state index is 0.0413. The third-order valence-corrected chi connectivity index (χ3v) is 7.08. The lowest BCUT2D eigenvalue weighted by molar-refractivity contribution is 0.0949. The predicted molar refractivity (Wildman–Crippen MR) is 104 cm³/mol. The van der Waals surface area contributed by atoms with E-state index in [9.17, 15) is 18.0 Å². The Kier molecular flexibility index (Phi) is 4.48. The maximum Gasteiger partial charge on any atom is 0.257 e. The number of thiazole rings is 1. The molecule has 1 aromatic heterocycles. The molecule has 0 unspecified atom stereocenters. The number of sulfone groups is 1. The van der Waals surface area contributed by atoms with Gasteiger partial charge in [-0.2, -0.15) is 0 Å². The largest absolute Gasteiger partial charge is 0.347 e. The van der Waals surface area contributed by atoms with E-state index in [0.717, 1.165) is 9.88 Å². The van der Waals surface area contributed by atoms with Crippen LogP contribution < -0.4 is 10.6 Å². The molecule has 2 amide bonds. The zero-order valence-electron chi connectivity index (χ0n) is 14.7. The van der Waals surface area contributed by atoms with Crippen LogP contribution in [-0.2, 0) is 16.4 Å². The molecule has 2 N–H and O–H groups in total. The quantitative estimate of drug-likeness (QED) is 0.687. The van der Waals surface area contributed by atoms with Gasteiger partial charge in [-0.3, -0.25) is 9.59 Å². The number of amides is 2. The van der Waals surface area contributed by atoms with Crippen LogP contribution in [-0.4, -0.2) is 25.2 Å². The summed E-state index contributed by atoms with van der Waals surface area (Å²) in [5.41, 5.74) is 0.411. The van der Waals surface area contributed by atoms with Crippen molar-refractivity contribution in [3.05, 3.63) is 69.7 Å². The second-order valence-corrected chi connectivity index (χ2v) is 9.40. The average molecular weight is 413 g/mol. The van der Waals surface area contributed by atoms with Gasteiger partial charge in [0.05, 0.1) is 32.6 Å². The topological polar surface area (TPSA) is 105 Å². The highest BCUT2D eigenvalue weighted by molar-refractivity contribution is 7.91. The number of carbonyl (C=O) groups is 2. The SMILES string of the molecule is Cc1ncc(CNC(=O)c2ccc3c(c2)NC(=O)c2ccccc2S3(=O)=O)s1. The number of aryl methyl sites for hydroxylation is 1. The maximum atomic E-state index is 13.0. The summed E-state index contributed by atoms with van der Waals surface area (Å²) < 4.78 is 25.9. The van der Waals surface area contributed by atoms with Crippen molar-refractivity contribution in [3.8, 4) is 0 Å². The highest BCUT2D eigenvalue weighted by Gasteiger charge is 2.31. The Morgan fingerprint density at radius 1 is 1.18 bits per heavy atom. The first-order valence-electron chi connectivity index (χ1n) is 8.35. The molecule has 1 aliphatic heterocycles. The number of fused-ring (bicyclic) bond motifs is 2. The number of aromatic nitrogens is 1. The Morgan fingerprint density at radius 3 is 2.71 bits per heavy atom. The van der Waals surface area contributed by atoms with E-state index in [0.29, 0.717) is 6.54 Å². The molecule has 4 rings (SSSR count). The summed E-state index contributed by atoms with van der Waals surface area (Å²) in [4.78, 5) is 29.9. The molecule has 0 spiro atoms. The van der Waals surface area contributed by atoms with Gasteiger partial charge in [-0.05, 0) is 37.3 Å². The van der Waals surface area contributed by atoms with Gasteiger partial charge in [0, 0.05) is 16.6 Å². The van der Waals surface area contributed by atoms with Crippen molar-refractivity contribution in [2.45, 2.75) is 23.3 Å². The van der Waals surface area contributed by atoms with E-state index in [-0.39, 0.29) is 32.5 Å². The fourth-order valence-electron chi connectivity index (χ4n) is 2.96. The predicted octanol–water partition coefficient (Wildman–Crippen LogP) is 2.78. The number of benzene rings is 2. The van der Waals surface area contributed by atoms with Gasteiger partial charge in [0.25, 0.3) is 11.8 Å². The molecular formula is C19H15N3O4S2. The monoisotopic (exact) mass is 413 g/mol. The first-order valence-corrected chi connectivity index (χ1v) is 10.7. The van der Waals surface area contributed by atoms with Gasteiger partial charge in [0.1, 0.15) is 0 Å². The van der Waals surface area contributed by atoms with Crippen LogP contribution in [0.15, 0.2) is 58.5 Å². The molecule has 0 atom stereocenters. The van der Waals surface area contributed by atoms with Crippen LogP contribution in [0.1, 0.15) is 30.6 Å². The van der Waals surface area contributed by atoms with Crippen molar-refractivity contribution in [2.75, 3.05) is 5.32 Å². The van der Waals surface area contributed by atoms with Gasteiger partial charge in [0.15, 0.2) is 0 Å². The standard InChI is InChI=1S/C19H15N3O4S2/c1-11-20-9-13(27-11)10-21-18(23)12-6-7-17-15(8-12)22-19(24)14-4-2-3-5-16(14)28(17,25)26/h2-9H,10H2,1H3,(H,21,23)(H,22,24). The van der Waals surface area contributed by atoms with E-state index >= 15 is 0 Å². The van der Waals surface area contributed by atoms with Crippen LogP contribution in [0.5, 0.6) is 0 Å². The summed E-state index contributed by atoms with van der Waals surface area (Å²) in [5.74, 6) is -0.905. The van der Waals surface area contributed by atoms with Gasteiger partial charge in [-0.15, -0.1) is 11.3 Å². The Hall–Kier alpha value is -3.04. The number of anilines is 1. The van der Waals surface area contributed by atoms with Crippen molar-refractivity contribution in [3.63, 3.8) is 0 Å². The molecule has 0 saturated heterocycles. The number of hydrogen-bond acceptors (Lipinski definition) is 6. The van der Waals surface area contributed by atoms with Crippen LogP contribution in [0.2, 0.25) is 0 Å². The number of nitrogens with one attached hydrogen (secondary N) is 2. The second-order valence-electron chi connectivity index (χ2n) is 6.19. The van der Waals surface area contributed by atoms with E-state index in [1.54, 1.807) is 18.3 Å². The van der Waals surface area contributed by atoms with Gasteiger partial charge in [0.2, 0.25) is 9.84 Å². The number of nitrogens with zero attached hydrogens (tertiary/aromatic N) is 1. The molecule has 0 bridgehead atoms. The van der Waals surface area contributed by atoms with E-state index in [2.05, 4.69) is 15.6 Å². The van der Waals surface area contributed by atoms with Crippen molar-refractivity contribution < 1.29 is 18.0 Å². The summed E-state index contributed by atoms with van der Waals surface area (Å²) in [6, 6.07) is 10.2. The van der Waals surface area contributed by atoms with Crippen LogP contribution >= 0.6 is 11.3 Å². The molecule has 0 aliphatic carbocycles. The Labute approximate surface area is 165 Å². The minimum Gasteiger partial charge on any atom is -0.347 e. The molecule has 0 radical (unpaired) electrons. The first kappa shape index (κ1) is 18.3. The average Bonchev–Trinajstić information content (AvgIpc) is 3.07. The third-order valence-electron chi connectivity index (χ3n) is 4.29. The van der Waals surface area contributed by atoms with Crippen molar-refractivity contribution in [1.82, 2.24) is 10.3 Å². The fraction of sp³-hybridized carbons (Fsp3) is 0.105. The van der Waals surface area contributed by atoms with Gasteiger partial charge < -0.3 is 10.6 Å². The maximum absolute atomic E-state index is 13.0. The molecule has 142 valence electrons. The molecule has 2 aromatic carbocycles. The van der Waals surface area contributed by atoms with Crippen LogP contribution in [0.25, 0.3) is 0 Å². The number of rotatable bonds is 3. The molecule has 0 fully saturated rings. The van der Waals surface area contributed by atoms with Crippen molar-refractivity contribution >= 4 is 38.7 Å². The summed E-state index contributed by atoms with van der Waals surface area (Å²) in [6.45, 7) is 2.20. The van der Waals surface area contributed by atoms with Gasteiger partial charge >= 0.3 is 0 Å². The molecule has 28 heavy (non-hydrogen) atoms. The first-order chi connectivity index (χ1) is 13.4. The summed E-state index contributed by atoms with van der Waals surface area (Å²) >= 11 is 1.48. The smallest absolute Gasteiger partial charge is 0.257 e. The Morgan fingerprint density at radius 2 is 1.96 bits per heavy atom. The third kappa shape index (κ3) is 3.19. The van der Waals surface area contributed by atoms with E-state index in [4.69, 9.17) is 0 Å². The van der Waals surface area contributed by atoms with E-state index in [1.807, 2.05) is 6.92 Å². The normalized spacial score (nSPS) is 14.4. The summed E-state index contributed by atoms with van der Waals surface area (Å²) in [6.07, 6.45) is 1.70. The lowest BCUT2D eigenvalue weighted by Crippen LogP contribution is -2.22. The van der Waals surface area contributed by atoms with Crippen LogP contribution in [0, 0.1) is 6.92 Å². The zero-order chi connectivity index (χ0) is 19.9. The molecule has 1 aliphatic rings. The van der Waals surface area contributed by atoms with E-state index in [1.165, 1.54) is 41.7 Å². The second kappa shape index (κ2) is 6.84. The van der Waals surface area contributed by atoms with Crippen molar-refractivity contribution in [2.24, 2.45) is 0 Å². The number of carbonyl (C=O) groups excluding carboxylic acids is 2. The molecular weight excluding hydrogens is 398 g/mol. The van der Waals surface area contributed by atoms with Gasteiger partial charge in [-0.1, -0.05) is 12.1 Å². The number of hydrogen-bond donors (Lipinski definition) is 2. The Balaban J connectivity index is 1.66. The zero-order valence-corrected chi connectivity index (χ0v) is 16.4.